The minimum Gasteiger partial charge on any atom is -0.293 e. The van der Waals surface area contributed by atoms with E-state index in [0.29, 0.717) is 21.6 Å². The van der Waals surface area contributed by atoms with Gasteiger partial charge in [0.05, 0.1) is 5.52 Å². The fourth-order valence-electron chi connectivity index (χ4n) is 1.34. The van der Waals surface area contributed by atoms with E-state index in [1.54, 1.807) is 18.2 Å². The predicted octanol–water partition coefficient (Wildman–Crippen LogP) is 3.14. The maximum absolute atomic E-state index is 11.3. The van der Waals surface area contributed by atoms with Gasteiger partial charge in [-0.1, -0.05) is 11.6 Å². The summed E-state index contributed by atoms with van der Waals surface area (Å²) in [6, 6.07) is 5.05. The van der Waals surface area contributed by atoms with Crippen LogP contribution in [0.3, 0.4) is 0 Å². The van der Waals surface area contributed by atoms with Gasteiger partial charge in [0, 0.05) is 17.3 Å². The maximum Gasteiger partial charge on any atom is 0.223 e. The van der Waals surface area contributed by atoms with Crippen molar-refractivity contribution in [3.05, 3.63) is 34.2 Å². The molecule has 0 aliphatic heterocycles. The smallest absolute Gasteiger partial charge is 0.223 e. The molecule has 0 N–H and O–H groups in total. The third-order valence-electron chi connectivity index (χ3n) is 1.96. The normalized spacial score (nSPS) is 10.6. The number of hydrogen-bond acceptors (Lipinski definition) is 3. The van der Waals surface area contributed by atoms with Crippen LogP contribution in [0, 0.1) is 0 Å². The zero-order valence-electron chi connectivity index (χ0n) is 7.79. The third kappa shape index (κ3) is 1.94. The lowest BCUT2D eigenvalue weighted by atomic mass is 10.1. The standard InChI is InChI=1S/C10H6Cl2N2O/c1-5(15)9-7-4-6(11)2-3-8(7)13-10(12)14-9/h2-4H,1H3. The second-order valence-electron chi connectivity index (χ2n) is 3.06. The molecule has 0 radical (unpaired) electrons. The Labute approximate surface area is 96.1 Å². The van der Waals surface area contributed by atoms with Crippen molar-refractivity contribution in [2.75, 3.05) is 0 Å². The van der Waals surface area contributed by atoms with Crippen molar-refractivity contribution in [1.82, 2.24) is 9.97 Å². The molecule has 2 aromatic rings. The van der Waals surface area contributed by atoms with Gasteiger partial charge < -0.3 is 0 Å². The Hall–Kier alpha value is -1.19. The van der Waals surface area contributed by atoms with Gasteiger partial charge in [-0.25, -0.2) is 9.97 Å². The van der Waals surface area contributed by atoms with Gasteiger partial charge in [0.1, 0.15) is 5.69 Å². The van der Waals surface area contributed by atoms with E-state index in [-0.39, 0.29) is 11.1 Å². The molecule has 15 heavy (non-hydrogen) atoms. The summed E-state index contributed by atoms with van der Waals surface area (Å²) in [4.78, 5) is 19.2. The van der Waals surface area contributed by atoms with Crippen molar-refractivity contribution in [3.8, 4) is 0 Å². The Morgan fingerprint density at radius 3 is 2.67 bits per heavy atom. The number of fused-ring (bicyclic) bond motifs is 1. The lowest BCUT2D eigenvalue weighted by Gasteiger charge is -2.02. The first kappa shape index (κ1) is 10.3. The number of nitrogens with zero attached hydrogens (tertiary/aromatic N) is 2. The minimum atomic E-state index is -0.161. The predicted molar refractivity (Wildman–Crippen MR) is 59.6 cm³/mol. The highest BCUT2D eigenvalue weighted by Crippen LogP contribution is 2.22. The number of carbonyl (C=O) groups is 1. The lowest BCUT2D eigenvalue weighted by Crippen LogP contribution is -2.00. The topological polar surface area (TPSA) is 42.9 Å². The number of halogens is 2. The molecule has 0 fully saturated rings. The fraction of sp³-hybridized carbons (Fsp3) is 0.100. The molecule has 0 aliphatic carbocycles. The molecule has 76 valence electrons. The van der Waals surface area contributed by atoms with Gasteiger partial charge in [-0.05, 0) is 29.8 Å². The Morgan fingerprint density at radius 1 is 1.27 bits per heavy atom. The van der Waals surface area contributed by atoms with E-state index in [0.717, 1.165) is 0 Å². The van der Waals surface area contributed by atoms with Crippen LogP contribution in [0.15, 0.2) is 18.2 Å². The second-order valence-corrected chi connectivity index (χ2v) is 3.83. The largest absolute Gasteiger partial charge is 0.293 e. The Balaban J connectivity index is 2.87. The zero-order valence-corrected chi connectivity index (χ0v) is 9.30. The van der Waals surface area contributed by atoms with Crippen LogP contribution in [-0.2, 0) is 0 Å². The number of ketones is 1. The molecule has 0 spiro atoms. The molecular weight excluding hydrogens is 235 g/mol. The van der Waals surface area contributed by atoms with Crippen molar-refractivity contribution in [1.29, 1.82) is 0 Å². The molecule has 0 amide bonds. The lowest BCUT2D eigenvalue weighted by molar-refractivity contribution is 0.101. The van der Waals surface area contributed by atoms with Gasteiger partial charge in [0.2, 0.25) is 5.28 Å². The minimum absolute atomic E-state index is 0.0648. The van der Waals surface area contributed by atoms with Gasteiger partial charge in [0.25, 0.3) is 0 Å². The summed E-state index contributed by atoms with van der Waals surface area (Å²) in [5, 5.41) is 1.23. The van der Waals surface area contributed by atoms with Crippen molar-refractivity contribution in [2.45, 2.75) is 6.92 Å². The highest BCUT2D eigenvalue weighted by Gasteiger charge is 2.10. The fourth-order valence-corrected chi connectivity index (χ4v) is 1.69. The second kappa shape index (κ2) is 3.76. The van der Waals surface area contributed by atoms with Gasteiger partial charge in [-0.2, -0.15) is 0 Å². The molecule has 3 nitrogen and oxygen atoms in total. The SMILES string of the molecule is CC(=O)c1nc(Cl)nc2ccc(Cl)cc12. The summed E-state index contributed by atoms with van der Waals surface area (Å²) in [5.74, 6) is -0.161. The molecule has 1 aromatic heterocycles. The summed E-state index contributed by atoms with van der Waals surface area (Å²) in [6.07, 6.45) is 0. The average molecular weight is 241 g/mol. The van der Waals surface area contributed by atoms with Gasteiger partial charge in [0.15, 0.2) is 5.78 Å². The first-order valence-electron chi connectivity index (χ1n) is 4.21. The number of aromatic nitrogens is 2. The van der Waals surface area contributed by atoms with Crippen molar-refractivity contribution >= 4 is 39.9 Å². The van der Waals surface area contributed by atoms with Crippen molar-refractivity contribution in [3.63, 3.8) is 0 Å². The molecule has 0 bridgehead atoms. The van der Waals surface area contributed by atoms with E-state index in [9.17, 15) is 4.79 Å². The molecule has 0 unspecified atom stereocenters. The summed E-state index contributed by atoms with van der Waals surface area (Å²) in [5.41, 5.74) is 0.914. The van der Waals surface area contributed by atoms with Crippen LogP contribution in [-0.4, -0.2) is 15.8 Å². The van der Waals surface area contributed by atoms with Crippen LogP contribution in [0.5, 0.6) is 0 Å². The molecule has 1 heterocycles. The van der Waals surface area contributed by atoms with E-state index in [2.05, 4.69) is 9.97 Å². The number of carbonyl (C=O) groups excluding carboxylic acids is 1. The zero-order chi connectivity index (χ0) is 11.0. The summed E-state index contributed by atoms with van der Waals surface area (Å²) in [6.45, 7) is 1.43. The molecule has 0 atom stereocenters. The van der Waals surface area contributed by atoms with Gasteiger partial charge >= 0.3 is 0 Å². The molecule has 2 rings (SSSR count). The van der Waals surface area contributed by atoms with Crippen LogP contribution in [0.2, 0.25) is 10.3 Å². The third-order valence-corrected chi connectivity index (χ3v) is 2.37. The van der Waals surface area contributed by atoms with Crippen LogP contribution in [0.25, 0.3) is 10.9 Å². The van der Waals surface area contributed by atoms with E-state index < -0.39 is 0 Å². The van der Waals surface area contributed by atoms with E-state index in [1.807, 2.05) is 0 Å². The molecule has 0 saturated heterocycles. The molecular formula is C10H6Cl2N2O. The highest BCUT2D eigenvalue weighted by atomic mass is 35.5. The van der Waals surface area contributed by atoms with Crippen LogP contribution in [0.1, 0.15) is 17.4 Å². The average Bonchev–Trinajstić information content (AvgIpc) is 2.17. The summed E-state index contributed by atoms with van der Waals surface area (Å²) in [7, 11) is 0. The van der Waals surface area contributed by atoms with Crippen molar-refractivity contribution in [2.24, 2.45) is 0 Å². The van der Waals surface area contributed by atoms with Crippen LogP contribution >= 0.6 is 23.2 Å². The van der Waals surface area contributed by atoms with Gasteiger partial charge in [-0.15, -0.1) is 0 Å². The molecule has 0 aliphatic rings. The number of Topliss-reactive ketones (excluding diaryl/α,β-unsaturated/α-hetero) is 1. The molecule has 5 heteroatoms. The number of benzene rings is 1. The molecule has 0 saturated carbocycles. The van der Waals surface area contributed by atoms with E-state index in [4.69, 9.17) is 23.2 Å². The Kier molecular flexibility index (Phi) is 2.59. The summed E-state index contributed by atoms with van der Waals surface area (Å²) >= 11 is 11.5. The summed E-state index contributed by atoms with van der Waals surface area (Å²) < 4.78 is 0. The van der Waals surface area contributed by atoms with Crippen LogP contribution in [0.4, 0.5) is 0 Å². The monoisotopic (exact) mass is 240 g/mol. The Morgan fingerprint density at radius 2 is 2.00 bits per heavy atom. The molecule has 1 aromatic carbocycles. The van der Waals surface area contributed by atoms with Crippen LogP contribution < -0.4 is 0 Å². The van der Waals surface area contributed by atoms with E-state index in [1.165, 1.54) is 6.92 Å². The first-order valence-corrected chi connectivity index (χ1v) is 4.97. The maximum atomic E-state index is 11.3. The van der Waals surface area contributed by atoms with E-state index >= 15 is 0 Å². The quantitative estimate of drug-likeness (QED) is 0.569. The Bertz CT molecular complexity index is 554. The number of hydrogen-bond donors (Lipinski definition) is 0. The van der Waals surface area contributed by atoms with Crippen molar-refractivity contribution < 1.29 is 4.79 Å². The highest BCUT2D eigenvalue weighted by molar-refractivity contribution is 6.32. The van der Waals surface area contributed by atoms with Gasteiger partial charge in [-0.3, -0.25) is 4.79 Å². The number of rotatable bonds is 1. The first-order chi connectivity index (χ1) is 7.08.